The van der Waals surface area contributed by atoms with Crippen LogP contribution in [0.25, 0.3) is 0 Å². The Labute approximate surface area is 123 Å². The maximum absolute atomic E-state index is 13.5. The number of aromatic nitrogens is 1. The molecule has 0 saturated carbocycles. The van der Waals surface area contributed by atoms with Gasteiger partial charge in [0.25, 0.3) is 10.0 Å². The van der Waals surface area contributed by atoms with Crippen molar-refractivity contribution in [1.29, 1.82) is 0 Å². The first-order valence-electron chi connectivity index (χ1n) is 5.39. The minimum absolute atomic E-state index is 0.0272. The number of hydrogen-bond acceptors (Lipinski definition) is 3. The Morgan fingerprint density at radius 1 is 1.25 bits per heavy atom. The van der Waals surface area contributed by atoms with Crippen LogP contribution in [0.3, 0.4) is 0 Å². The SMILES string of the molecule is Cc1cnc(NS(=O)(=O)c2ccc(F)cc2F)c(Br)c1. The van der Waals surface area contributed by atoms with Gasteiger partial charge in [-0.1, -0.05) is 0 Å². The second-order valence-corrected chi connectivity index (χ2v) is 6.53. The number of nitrogens with one attached hydrogen (secondary N) is 1. The Bertz CT molecular complexity index is 766. The van der Waals surface area contributed by atoms with Crippen molar-refractivity contribution in [1.82, 2.24) is 4.98 Å². The van der Waals surface area contributed by atoms with Crippen LogP contribution in [0.15, 0.2) is 39.8 Å². The van der Waals surface area contributed by atoms with E-state index in [0.29, 0.717) is 10.5 Å². The summed E-state index contributed by atoms with van der Waals surface area (Å²) in [6.45, 7) is 1.79. The van der Waals surface area contributed by atoms with Crippen molar-refractivity contribution in [2.45, 2.75) is 11.8 Å². The van der Waals surface area contributed by atoms with E-state index in [-0.39, 0.29) is 5.82 Å². The predicted molar refractivity (Wildman–Crippen MR) is 73.8 cm³/mol. The van der Waals surface area contributed by atoms with Crippen molar-refractivity contribution in [3.63, 3.8) is 0 Å². The highest BCUT2D eigenvalue weighted by Crippen LogP contribution is 2.24. The molecule has 0 aliphatic heterocycles. The molecular weight excluding hydrogens is 354 g/mol. The summed E-state index contributed by atoms with van der Waals surface area (Å²) < 4.78 is 53.0. The molecule has 0 spiro atoms. The maximum atomic E-state index is 13.5. The maximum Gasteiger partial charge on any atom is 0.266 e. The van der Waals surface area contributed by atoms with Crippen molar-refractivity contribution >= 4 is 31.8 Å². The fraction of sp³-hybridized carbons (Fsp3) is 0.0833. The van der Waals surface area contributed by atoms with Gasteiger partial charge in [-0.15, -0.1) is 0 Å². The number of halogens is 3. The van der Waals surface area contributed by atoms with Gasteiger partial charge in [0.15, 0.2) is 5.82 Å². The molecule has 0 radical (unpaired) electrons. The summed E-state index contributed by atoms with van der Waals surface area (Å²) in [5, 5.41) is 0. The molecule has 2 rings (SSSR count). The molecular formula is C12H9BrF2N2O2S. The molecule has 8 heteroatoms. The molecule has 0 unspecified atom stereocenters. The molecule has 1 aromatic carbocycles. The third-order valence-corrected chi connectivity index (χ3v) is 4.37. The second-order valence-electron chi connectivity index (χ2n) is 4.02. The zero-order valence-corrected chi connectivity index (χ0v) is 12.6. The molecule has 0 fully saturated rings. The van der Waals surface area contributed by atoms with Crippen LogP contribution < -0.4 is 4.72 Å². The Kier molecular flexibility index (Phi) is 4.05. The van der Waals surface area contributed by atoms with Crippen LogP contribution in [0.5, 0.6) is 0 Å². The first-order chi connectivity index (χ1) is 9.29. The minimum atomic E-state index is -4.18. The number of aryl methyl sites for hydroxylation is 1. The van der Waals surface area contributed by atoms with Gasteiger partial charge in [-0.25, -0.2) is 22.2 Å². The number of anilines is 1. The van der Waals surface area contributed by atoms with Crippen LogP contribution in [-0.4, -0.2) is 13.4 Å². The van der Waals surface area contributed by atoms with E-state index >= 15 is 0 Å². The van der Waals surface area contributed by atoms with E-state index in [1.54, 1.807) is 13.0 Å². The van der Waals surface area contributed by atoms with Crippen molar-refractivity contribution in [2.24, 2.45) is 0 Å². The lowest BCUT2D eigenvalue weighted by atomic mass is 10.3. The standard InChI is InChI=1S/C12H9BrF2N2O2S/c1-7-4-9(13)12(16-6-7)17-20(18,19)11-3-2-8(14)5-10(11)15/h2-6H,1H3,(H,16,17). The van der Waals surface area contributed by atoms with E-state index in [2.05, 4.69) is 25.6 Å². The highest BCUT2D eigenvalue weighted by Gasteiger charge is 2.21. The molecule has 1 heterocycles. The topological polar surface area (TPSA) is 59.1 Å². The predicted octanol–water partition coefficient (Wildman–Crippen LogP) is 3.23. The van der Waals surface area contributed by atoms with Crippen LogP contribution in [0.2, 0.25) is 0 Å². The fourth-order valence-electron chi connectivity index (χ4n) is 1.48. The molecule has 0 atom stereocenters. The van der Waals surface area contributed by atoms with Gasteiger partial charge in [-0.05, 0) is 46.6 Å². The van der Waals surface area contributed by atoms with Crippen molar-refractivity contribution in [3.8, 4) is 0 Å². The molecule has 0 saturated heterocycles. The Morgan fingerprint density at radius 2 is 1.95 bits per heavy atom. The van der Waals surface area contributed by atoms with Crippen LogP contribution in [-0.2, 0) is 10.0 Å². The van der Waals surface area contributed by atoms with Gasteiger partial charge < -0.3 is 0 Å². The van der Waals surface area contributed by atoms with Gasteiger partial charge in [0.2, 0.25) is 0 Å². The van der Waals surface area contributed by atoms with Crippen molar-refractivity contribution in [2.75, 3.05) is 4.72 Å². The molecule has 4 nitrogen and oxygen atoms in total. The molecule has 2 aromatic rings. The van der Waals surface area contributed by atoms with Gasteiger partial charge in [0, 0.05) is 12.3 Å². The molecule has 0 amide bonds. The highest BCUT2D eigenvalue weighted by atomic mass is 79.9. The summed E-state index contributed by atoms with van der Waals surface area (Å²) >= 11 is 3.16. The third kappa shape index (κ3) is 3.13. The molecule has 0 bridgehead atoms. The smallest absolute Gasteiger partial charge is 0.262 e. The molecule has 0 aliphatic carbocycles. The van der Waals surface area contributed by atoms with Crippen LogP contribution >= 0.6 is 15.9 Å². The average molecular weight is 363 g/mol. The lowest BCUT2D eigenvalue weighted by Crippen LogP contribution is -2.16. The summed E-state index contributed by atoms with van der Waals surface area (Å²) in [6.07, 6.45) is 1.46. The lowest BCUT2D eigenvalue weighted by molar-refractivity contribution is 0.551. The van der Waals surface area contributed by atoms with Crippen LogP contribution in [0, 0.1) is 18.6 Å². The van der Waals surface area contributed by atoms with Crippen LogP contribution in [0.4, 0.5) is 14.6 Å². The second kappa shape index (κ2) is 5.45. The molecule has 106 valence electrons. The monoisotopic (exact) mass is 362 g/mol. The summed E-state index contributed by atoms with van der Waals surface area (Å²) in [6, 6.07) is 3.89. The zero-order valence-electron chi connectivity index (χ0n) is 10.2. The number of pyridine rings is 1. The van der Waals surface area contributed by atoms with Crippen molar-refractivity contribution in [3.05, 3.63) is 52.1 Å². The fourth-order valence-corrected chi connectivity index (χ4v) is 3.27. The zero-order chi connectivity index (χ0) is 14.9. The number of sulfonamides is 1. The number of hydrogen-bond donors (Lipinski definition) is 1. The Morgan fingerprint density at radius 3 is 2.55 bits per heavy atom. The van der Waals surface area contributed by atoms with Gasteiger partial charge in [-0.3, -0.25) is 4.72 Å². The average Bonchev–Trinajstić information content (AvgIpc) is 2.32. The summed E-state index contributed by atoms with van der Waals surface area (Å²) in [4.78, 5) is 3.26. The third-order valence-electron chi connectivity index (χ3n) is 2.39. The van der Waals surface area contributed by atoms with E-state index in [4.69, 9.17) is 0 Å². The van der Waals surface area contributed by atoms with E-state index in [9.17, 15) is 17.2 Å². The molecule has 20 heavy (non-hydrogen) atoms. The molecule has 1 aromatic heterocycles. The first-order valence-corrected chi connectivity index (χ1v) is 7.67. The Balaban J connectivity index is 2.41. The summed E-state index contributed by atoms with van der Waals surface area (Å²) in [5.41, 5.74) is 0.827. The minimum Gasteiger partial charge on any atom is -0.262 e. The summed E-state index contributed by atoms with van der Waals surface area (Å²) in [5.74, 6) is -1.99. The van der Waals surface area contributed by atoms with Gasteiger partial charge >= 0.3 is 0 Å². The van der Waals surface area contributed by atoms with E-state index in [0.717, 1.165) is 17.7 Å². The van der Waals surface area contributed by atoms with E-state index in [1.807, 2.05) is 0 Å². The molecule has 1 N–H and O–H groups in total. The number of rotatable bonds is 3. The highest BCUT2D eigenvalue weighted by molar-refractivity contribution is 9.10. The lowest BCUT2D eigenvalue weighted by Gasteiger charge is -2.10. The Hall–Kier alpha value is -1.54. The summed E-state index contributed by atoms with van der Waals surface area (Å²) in [7, 11) is -4.18. The largest absolute Gasteiger partial charge is 0.266 e. The van der Waals surface area contributed by atoms with Gasteiger partial charge in [0.05, 0.1) is 4.47 Å². The van der Waals surface area contributed by atoms with Gasteiger partial charge in [-0.2, -0.15) is 0 Å². The number of benzene rings is 1. The quantitative estimate of drug-likeness (QED) is 0.911. The van der Waals surface area contributed by atoms with E-state index in [1.165, 1.54) is 6.20 Å². The van der Waals surface area contributed by atoms with Gasteiger partial charge in [0.1, 0.15) is 16.5 Å². The molecule has 0 aliphatic rings. The first kappa shape index (κ1) is 14.9. The number of nitrogens with zero attached hydrogens (tertiary/aromatic N) is 1. The van der Waals surface area contributed by atoms with Crippen molar-refractivity contribution < 1.29 is 17.2 Å². The van der Waals surface area contributed by atoms with Crippen LogP contribution in [0.1, 0.15) is 5.56 Å². The normalized spacial score (nSPS) is 11.4. The van der Waals surface area contributed by atoms with E-state index < -0.39 is 26.6 Å².